The maximum atomic E-state index is 11.8. The molecule has 5 nitrogen and oxygen atoms in total. The Morgan fingerprint density at radius 1 is 1.39 bits per heavy atom. The SMILES string of the molecule is CNC1(OCC(=O)N(C)CCCO)CCCCC1. The maximum Gasteiger partial charge on any atom is 0.248 e. The molecule has 0 spiro atoms. The number of hydrogen-bond donors (Lipinski definition) is 2. The molecule has 1 rings (SSSR count). The number of nitrogens with zero attached hydrogens (tertiary/aromatic N) is 1. The largest absolute Gasteiger partial charge is 0.396 e. The Morgan fingerprint density at radius 2 is 2.06 bits per heavy atom. The maximum absolute atomic E-state index is 11.8. The number of carbonyl (C=O) groups is 1. The predicted molar refractivity (Wildman–Crippen MR) is 70.2 cm³/mol. The van der Waals surface area contributed by atoms with Crippen LogP contribution in [0, 0.1) is 0 Å². The number of rotatable bonds is 7. The highest BCUT2D eigenvalue weighted by molar-refractivity contribution is 5.77. The summed E-state index contributed by atoms with van der Waals surface area (Å²) >= 11 is 0. The summed E-state index contributed by atoms with van der Waals surface area (Å²) in [5.41, 5.74) is -0.314. The highest BCUT2D eigenvalue weighted by atomic mass is 16.5. The zero-order valence-corrected chi connectivity index (χ0v) is 11.6. The van der Waals surface area contributed by atoms with E-state index in [1.165, 1.54) is 6.42 Å². The number of carbonyl (C=O) groups excluding carboxylic acids is 1. The van der Waals surface area contributed by atoms with E-state index < -0.39 is 0 Å². The Balaban J connectivity index is 2.35. The van der Waals surface area contributed by atoms with Gasteiger partial charge in [0.2, 0.25) is 5.91 Å². The van der Waals surface area contributed by atoms with Crippen LogP contribution in [0.5, 0.6) is 0 Å². The molecule has 0 bridgehead atoms. The first-order valence-electron chi connectivity index (χ1n) is 6.81. The first-order chi connectivity index (χ1) is 8.63. The third-order valence-electron chi connectivity index (χ3n) is 3.67. The van der Waals surface area contributed by atoms with Gasteiger partial charge in [-0.15, -0.1) is 0 Å². The Labute approximate surface area is 109 Å². The van der Waals surface area contributed by atoms with Crippen molar-refractivity contribution in [2.24, 2.45) is 0 Å². The molecular weight excluding hydrogens is 232 g/mol. The van der Waals surface area contributed by atoms with Crippen molar-refractivity contribution in [3.63, 3.8) is 0 Å². The molecule has 0 heterocycles. The van der Waals surface area contributed by atoms with Gasteiger partial charge in [-0.25, -0.2) is 0 Å². The van der Waals surface area contributed by atoms with Crippen LogP contribution in [0.3, 0.4) is 0 Å². The summed E-state index contributed by atoms with van der Waals surface area (Å²) in [7, 11) is 3.64. The molecule has 0 aromatic heterocycles. The minimum atomic E-state index is -0.314. The molecule has 0 saturated heterocycles. The van der Waals surface area contributed by atoms with Crippen molar-refractivity contribution in [2.45, 2.75) is 44.2 Å². The molecule has 106 valence electrons. The number of hydrogen-bond acceptors (Lipinski definition) is 4. The standard InChI is InChI=1S/C13H26N2O3/c1-14-13(7-4-3-5-8-13)18-11-12(17)15(2)9-6-10-16/h14,16H,3-11H2,1-2H3. The molecule has 1 saturated carbocycles. The molecule has 2 N–H and O–H groups in total. The van der Waals surface area contributed by atoms with Crippen LogP contribution in [0.25, 0.3) is 0 Å². The monoisotopic (exact) mass is 258 g/mol. The van der Waals surface area contributed by atoms with Gasteiger partial charge in [0.25, 0.3) is 0 Å². The fourth-order valence-corrected chi connectivity index (χ4v) is 2.33. The zero-order valence-electron chi connectivity index (χ0n) is 11.6. The molecule has 1 aliphatic carbocycles. The molecule has 0 radical (unpaired) electrons. The van der Waals surface area contributed by atoms with E-state index in [2.05, 4.69) is 5.32 Å². The first kappa shape index (κ1) is 15.4. The summed E-state index contributed by atoms with van der Waals surface area (Å²) in [5, 5.41) is 12.0. The van der Waals surface area contributed by atoms with Crippen molar-refractivity contribution < 1.29 is 14.6 Å². The number of aliphatic hydroxyl groups excluding tert-OH is 1. The van der Waals surface area contributed by atoms with Crippen LogP contribution < -0.4 is 5.32 Å². The minimum absolute atomic E-state index is 0.0244. The van der Waals surface area contributed by atoms with Crippen molar-refractivity contribution in [1.82, 2.24) is 10.2 Å². The van der Waals surface area contributed by atoms with Crippen molar-refractivity contribution >= 4 is 5.91 Å². The molecule has 0 aromatic carbocycles. The smallest absolute Gasteiger partial charge is 0.248 e. The average molecular weight is 258 g/mol. The van der Waals surface area contributed by atoms with E-state index in [0.717, 1.165) is 25.7 Å². The van der Waals surface area contributed by atoms with Crippen LogP contribution in [0.4, 0.5) is 0 Å². The molecule has 0 atom stereocenters. The lowest BCUT2D eigenvalue weighted by Crippen LogP contribution is -2.49. The second-order valence-corrected chi connectivity index (χ2v) is 4.99. The normalized spacial score (nSPS) is 18.6. The van der Waals surface area contributed by atoms with E-state index >= 15 is 0 Å². The summed E-state index contributed by atoms with van der Waals surface area (Å²) in [6, 6.07) is 0. The highest BCUT2D eigenvalue weighted by Crippen LogP contribution is 2.28. The number of aliphatic hydroxyl groups is 1. The summed E-state index contributed by atoms with van der Waals surface area (Å²) in [6.45, 7) is 0.799. The van der Waals surface area contributed by atoms with E-state index in [4.69, 9.17) is 9.84 Å². The summed E-state index contributed by atoms with van der Waals surface area (Å²) in [4.78, 5) is 13.5. The molecule has 1 amide bonds. The van der Waals surface area contributed by atoms with Gasteiger partial charge in [-0.1, -0.05) is 6.42 Å². The fourth-order valence-electron chi connectivity index (χ4n) is 2.33. The molecule has 5 heteroatoms. The molecular formula is C13H26N2O3. The minimum Gasteiger partial charge on any atom is -0.396 e. The first-order valence-corrected chi connectivity index (χ1v) is 6.81. The van der Waals surface area contributed by atoms with Gasteiger partial charge in [0, 0.05) is 20.2 Å². The second kappa shape index (κ2) is 7.71. The van der Waals surface area contributed by atoms with E-state index in [0.29, 0.717) is 13.0 Å². The quantitative estimate of drug-likeness (QED) is 0.661. The van der Waals surface area contributed by atoms with Crippen LogP contribution in [0.15, 0.2) is 0 Å². The van der Waals surface area contributed by atoms with Gasteiger partial charge in [0.05, 0.1) is 0 Å². The summed E-state index contributed by atoms with van der Waals surface area (Å²) in [5.74, 6) is -0.0244. The van der Waals surface area contributed by atoms with E-state index in [-0.39, 0.29) is 24.8 Å². The average Bonchev–Trinajstić information content (AvgIpc) is 2.43. The molecule has 18 heavy (non-hydrogen) atoms. The van der Waals surface area contributed by atoms with E-state index in [1.54, 1.807) is 11.9 Å². The molecule has 0 aliphatic heterocycles. The van der Waals surface area contributed by atoms with Gasteiger partial charge >= 0.3 is 0 Å². The van der Waals surface area contributed by atoms with E-state index in [1.807, 2.05) is 7.05 Å². The van der Waals surface area contributed by atoms with Crippen LogP contribution in [-0.2, 0) is 9.53 Å². The van der Waals surface area contributed by atoms with Gasteiger partial charge in [0.1, 0.15) is 12.3 Å². The third kappa shape index (κ3) is 4.55. The predicted octanol–water partition coefficient (Wildman–Crippen LogP) is 0.724. The fraction of sp³-hybridized carbons (Fsp3) is 0.923. The van der Waals surface area contributed by atoms with Gasteiger partial charge in [-0.3, -0.25) is 10.1 Å². The Morgan fingerprint density at radius 3 is 2.61 bits per heavy atom. The summed E-state index contributed by atoms with van der Waals surface area (Å²) in [6.07, 6.45) is 6.09. The lowest BCUT2D eigenvalue weighted by molar-refractivity contribution is -0.148. The van der Waals surface area contributed by atoms with Crippen molar-refractivity contribution in [3.8, 4) is 0 Å². The number of ether oxygens (including phenoxy) is 1. The van der Waals surface area contributed by atoms with Crippen molar-refractivity contribution in [3.05, 3.63) is 0 Å². The van der Waals surface area contributed by atoms with E-state index in [9.17, 15) is 4.79 Å². The Hall–Kier alpha value is -0.650. The van der Waals surface area contributed by atoms with Gasteiger partial charge in [-0.2, -0.15) is 0 Å². The molecule has 0 unspecified atom stereocenters. The number of nitrogens with one attached hydrogen (secondary N) is 1. The van der Waals surface area contributed by atoms with Crippen molar-refractivity contribution in [1.29, 1.82) is 0 Å². The van der Waals surface area contributed by atoms with Crippen molar-refractivity contribution in [2.75, 3.05) is 33.9 Å². The second-order valence-electron chi connectivity index (χ2n) is 4.99. The molecule has 0 aromatic rings. The topological polar surface area (TPSA) is 61.8 Å². The third-order valence-corrected chi connectivity index (χ3v) is 3.67. The van der Waals surface area contributed by atoms with Crippen LogP contribution in [0.1, 0.15) is 38.5 Å². The Kier molecular flexibility index (Phi) is 6.60. The van der Waals surface area contributed by atoms with Gasteiger partial charge in [0.15, 0.2) is 0 Å². The van der Waals surface area contributed by atoms with Crippen LogP contribution in [-0.4, -0.2) is 55.5 Å². The van der Waals surface area contributed by atoms with Gasteiger partial charge in [-0.05, 0) is 39.2 Å². The Bertz CT molecular complexity index is 253. The molecule has 1 fully saturated rings. The zero-order chi connectivity index (χ0) is 13.4. The summed E-state index contributed by atoms with van der Waals surface area (Å²) < 4.78 is 5.82. The van der Waals surface area contributed by atoms with Crippen LogP contribution >= 0.6 is 0 Å². The van der Waals surface area contributed by atoms with Crippen LogP contribution in [0.2, 0.25) is 0 Å². The molecule has 1 aliphatic rings. The van der Waals surface area contributed by atoms with Gasteiger partial charge < -0.3 is 14.7 Å². The highest BCUT2D eigenvalue weighted by Gasteiger charge is 2.31. The number of amides is 1. The lowest BCUT2D eigenvalue weighted by atomic mass is 9.92. The number of likely N-dealkylation sites (N-methyl/N-ethyl adjacent to an activating group) is 1. The lowest BCUT2D eigenvalue weighted by Gasteiger charge is -2.37.